The van der Waals surface area contributed by atoms with Crippen molar-refractivity contribution in [2.75, 3.05) is 0 Å². The SMILES string of the molecule is CC(=O)NC1CC(C)(C)[N+]([O])(C=O)C(C)(C)C1=O. The number of likely N-dealkylation sites (tertiary alicyclic amines) is 1. The van der Waals surface area contributed by atoms with E-state index in [0.29, 0.717) is 0 Å². The molecule has 101 valence electrons. The molecule has 1 fully saturated rings. The lowest BCUT2D eigenvalue weighted by Gasteiger charge is -2.50. The molecule has 1 rings (SSSR count). The van der Waals surface area contributed by atoms with E-state index >= 15 is 0 Å². The topological polar surface area (TPSA) is 83.1 Å². The second kappa shape index (κ2) is 4.13. The first-order valence-corrected chi connectivity index (χ1v) is 5.87. The number of amides is 2. The van der Waals surface area contributed by atoms with Gasteiger partial charge < -0.3 is 5.32 Å². The molecule has 0 aromatic heterocycles. The van der Waals surface area contributed by atoms with Gasteiger partial charge in [0.2, 0.25) is 11.7 Å². The summed E-state index contributed by atoms with van der Waals surface area (Å²) >= 11 is 0. The van der Waals surface area contributed by atoms with Crippen molar-refractivity contribution < 1.29 is 24.2 Å². The van der Waals surface area contributed by atoms with Gasteiger partial charge in [-0.3, -0.25) is 9.59 Å². The van der Waals surface area contributed by atoms with Crippen molar-refractivity contribution in [3.05, 3.63) is 0 Å². The second-order valence-electron chi connectivity index (χ2n) is 5.96. The zero-order chi connectivity index (χ0) is 14.4. The predicted octanol–water partition coefficient (Wildman–Crippen LogP) is 0.340. The average Bonchev–Trinajstić information content (AvgIpc) is 2.22. The number of nitrogens with one attached hydrogen (secondary N) is 1. The maximum absolute atomic E-state index is 12.7. The average molecular weight is 256 g/mol. The molecule has 1 saturated heterocycles. The van der Waals surface area contributed by atoms with Crippen LogP contribution in [0.4, 0.5) is 0 Å². The third-order valence-electron chi connectivity index (χ3n) is 3.88. The van der Waals surface area contributed by atoms with Crippen molar-refractivity contribution in [1.82, 2.24) is 5.32 Å². The molecule has 2 atom stereocenters. The Bertz CT molecular complexity index is 403. The Kier molecular flexibility index (Phi) is 3.40. The standard InChI is InChI=1S/C12H20N2O4/c1-8(16)13-9-6-11(2,3)14(18,7-15)12(4,5)10(9)17/h7,9H,6H2,1-5H3,(H,13,16)/q+1. The van der Waals surface area contributed by atoms with Crippen LogP contribution in [0.5, 0.6) is 0 Å². The van der Waals surface area contributed by atoms with E-state index in [1.165, 1.54) is 20.8 Å². The summed E-state index contributed by atoms with van der Waals surface area (Å²) in [7, 11) is 0. The quantitative estimate of drug-likeness (QED) is 0.571. The van der Waals surface area contributed by atoms with Gasteiger partial charge in [-0.15, -0.1) is 0 Å². The summed E-state index contributed by atoms with van der Waals surface area (Å²) in [6, 6.07) is -0.715. The molecule has 2 amide bonds. The Balaban J connectivity index is 3.25. The zero-order valence-electron chi connectivity index (χ0n) is 11.4. The van der Waals surface area contributed by atoms with Gasteiger partial charge in [0.1, 0.15) is 11.6 Å². The van der Waals surface area contributed by atoms with E-state index in [2.05, 4.69) is 5.32 Å². The first-order chi connectivity index (χ1) is 7.99. The van der Waals surface area contributed by atoms with Crippen LogP contribution in [0, 0.1) is 0 Å². The second-order valence-corrected chi connectivity index (χ2v) is 5.96. The molecule has 0 saturated carbocycles. The molecule has 1 N–H and O–H groups in total. The van der Waals surface area contributed by atoms with Gasteiger partial charge >= 0.3 is 6.41 Å². The number of hydroxylamine groups is 3. The summed E-state index contributed by atoms with van der Waals surface area (Å²) in [4.78, 5) is 34.6. The highest BCUT2D eigenvalue weighted by Gasteiger charge is 2.66. The smallest absolute Gasteiger partial charge is 0.337 e. The maximum Gasteiger partial charge on any atom is 0.337 e. The third kappa shape index (κ3) is 1.85. The minimum atomic E-state index is -1.41. The Morgan fingerprint density at radius 1 is 1.39 bits per heavy atom. The van der Waals surface area contributed by atoms with E-state index in [4.69, 9.17) is 0 Å². The van der Waals surface area contributed by atoms with Crippen LogP contribution in [0.1, 0.15) is 41.0 Å². The molecule has 1 heterocycles. The summed E-state index contributed by atoms with van der Waals surface area (Å²) < 4.78 is -1.23. The molecule has 6 heteroatoms. The number of nitrogens with zero attached hydrogens (tertiary/aromatic N) is 1. The van der Waals surface area contributed by atoms with Crippen molar-refractivity contribution >= 4 is 18.1 Å². The summed E-state index contributed by atoms with van der Waals surface area (Å²) in [5.41, 5.74) is -2.37. The van der Waals surface area contributed by atoms with Crippen LogP contribution in [0.2, 0.25) is 0 Å². The van der Waals surface area contributed by atoms with Crippen molar-refractivity contribution in [3.8, 4) is 0 Å². The number of carbonyl (C=O) groups is 3. The number of carbonyl (C=O) groups excluding carboxylic acids is 3. The lowest BCUT2D eigenvalue weighted by molar-refractivity contribution is -1.12. The van der Waals surface area contributed by atoms with Gasteiger partial charge in [-0.2, -0.15) is 0 Å². The van der Waals surface area contributed by atoms with Crippen molar-refractivity contribution in [1.29, 1.82) is 0 Å². The highest BCUT2D eigenvalue weighted by molar-refractivity contribution is 5.95. The molecule has 0 aromatic carbocycles. The number of hydrogen-bond donors (Lipinski definition) is 1. The van der Waals surface area contributed by atoms with Gasteiger partial charge in [0, 0.05) is 32.4 Å². The van der Waals surface area contributed by atoms with Crippen LogP contribution < -0.4 is 5.32 Å². The Hall–Kier alpha value is -1.27. The Morgan fingerprint density at radius 2 is 1.89 bits per heavy atom. The largest absolute Gasteiger partial charge is 0.346 e. The Morgan fingerprint density at radius 3 is 2.28 bits per heavy atom. The van der Waals surface area contributed by atoms with Crippen LogP contribution in [0.25, 0.3) is 0 Å². The number of quaternary nitrogens is 1. The minimum Gasteiger partial charge on any atom is -0.346 e. The molecule has 0 spiro atoms. The van der Waals surface area contributed by atoms with E-state index in [-0.39, 0.29) is 18.7 Å². The van der Waals surface area contributed by atoms with Gasteiger partial charge in [-0.1, -0.05) is 4.65 Å². The number of hydrogen-bond acceptors (Lipinski definition) is 3. The third-order valence-corrected chi connectivity index (χ3v) is 3.88. The van der Waals surface area contributed by atoms with Gasteiger partial charge in [-0.25, -0.2) is 4.79 Å². The summed E-state index contributed by atoms with van der Waals surface area (Å²) in [5, 5.41) is 15.2. The van der Waals surface area contributed by atoms with E-state index in [1.807, 2.05) is 0 Å². The molecule has 1 aliphatic heterocycles. The minimum absolute atomic E-state index is 0.150. The summed E-state index contributed by atoms with van der Waals surface area (Å²) in [5.74, 6) is -0.726. The number of piperidine rings is 1. The normalized spacial score (nSPS) is 33.9. The van der Waals surface area contributed by atoms with Crippen molar-refractivity contribution in [2.24, 2.45) is 0 Å². The maximum atomic E-state index is 12.7. The molecule has 1 aliphatic rings. The van der Waals surface area contributed by atoms with Crippen LogP contribution in [-0.2, 0) is 19.6 Å². The van der Waals surface area contributed by atoms with Crippen molar-refractivity contribution in [2.45, 2.75) is 58.2 Å². The van der Waals surface area contributed by atoms with Crippen LogP contribution in [0.15, 0.2) is 0 Å². The molecule has 6 nitrogen and oxygen atoms in total. The van der Waals surface area contributed by atoms with E-state index in [9.17, 15) is 19.6 Å². The van der Waals surface area contributed by atoms with E-state index in [1.54, 1.807) is 13.8 Å². The first-order valence-electron chi connectivity index (χ1n) is 5.87. The number of ketones is 1. The molecule has 0 aromatic rings. The number of Topliss-reactive ketones (excluding diaryl/α,β-unsaturated/α-hetero) is 1. The van der Waals surface area contributed by atoms with Gasteiger partial charge in [0.15, 0.2) is 5.54 Å². The zero-order valence-corrected chi connectivity index (χ0v) is 11.4. The van der Waals surface area contributed by atoms with Crippen LogP contribution >= 0.6 is 0 Å². The van der Waals surface area contributed by atoms with Gasteiger partial charge in [0.05, 0.1) is 0 Å². The predicted molar refractivity (Wildman–Crippen MR) is 62.4 cm³/mol. The molecule has 0 bridgehead atoms. The monoisotopic (exact) mass is 256 g/mol. The lowest BCUT2D eigenvalue weighted by Crippen LogP contribution is -2.77. The molecule has 2 unspecified atom stereocenters. The van der Waals surface area contributed by atoms with Gasteiger partial charge in [-0.05, 0) is 13.8 Å². The molecular weight excluding hydrogens is 236 g/mol. The highest BCUT2D eigenvalue weighted by atomic mass is 16.6. The first kappa shape index (κ1) is 14.8. The van der Waals surface area contributed by atoms with Crippen molar-refractivity contribution in [3.63, 3.8) is 0 Å². The molecule has 0 aliphatic carbocycles. The number of rotatable bonds is 2. The lowest BCUT2D eigenvalue weighted by atomic mass is 9.75. The van der Waals surface area contributed by atoms with Crippen LogP contribution in [0.3, 0.4) is 0 Å². The molecule has 18 heavy (non-hydrogen) atoms. The fourth-order valence-corrected chi connectivity index (χ4v) is 2.71. The van der Waals surface area contributed by atoms with Gasteiger partial charge in [0.25, 0.3) is 0 Å². The summed E-state index contributed by atoms with van der Waals surface area (Å²) in [6.07, 6.45) is 0.430. The molecule has 1 radical (unpaired) electrons. The molecular formula is C12H20N2O4+. The Labute approximate surface area is 107 Å². The fraction of sp³-hybridized carbons (Fsp3) is 0.750. The van der Waals surface area contributed by atoms with E-state index < -0.39 is 27.5 Å². The highest BCUT2D eigenvalue weighted by Crippen LogP contribution is 2.41. The summed E-state index contributed by atoms with van der Waals surface area (Å²) in [6.45, 7) is 7.49. The van der Waals surface area contributed by atoms with Crippen LogP contribution in [-0.4, -0.2) is 39.9 Å². The fourth-order valence-electron chi connectivity index (χ4n) is 2.71. The van der Waals surface area contributed by atoms with E-state index in [0.717, 1.165) is 0 Å².